The number of rotatable bonds is 4. The van der Waals surface area contributed by atoms with Crippen LogP contribution >= 0.6 is 0 Å². The van der Waals surface area contributed by atoms with Crippen molar-refractivity contribution in [3.8, 4) is 0 Å². The molecule has 19 heavy (non-hydrogen) atoms. The van der Waals surface area contributed by atoms with Crippen LogP contribution in [0.15, 0.2) is 30.5 Å². The summed E-state index contributed by atoms with van der Waals surface area (Å²) in [6, 6.07) is 8.31. The molecule has 0 spiro atoms. The molecule has 2 aromatic heterocycles. The first-order chi connectivity index (χ1) is 9.24. The molecule has 0 aliphatic heterocycles. The van der Waals surface area contributed by atoms with Crippen molar-refractivity contribution >= 4 is 10.9 Å². The molecule has 0 saturated carbocycles. The minimum atomic E-state index is 0.811. The molecule has 3 aromatic rings. The van der Waals surface area contributed by atoms with E-state index in [2.05, 4.69) is 32.7 Å². The van der Waals surface area contributed by atoms with Crippen molar-refractivity contribution in [2.75, 3.05) is 0 Å². The third kappa shape index (κ3) is 2.37. The smallest absolute Gasteiger partial charge is 0.0653 e. The van der Waals surface area contributed by atoms with E-state index in [4.69, 9.17) is 0 Å². The molecular weight excluding hydrogens is 238 g/mol. The van der Waals surface area contributed by atoms with Crippen LogP contribution in [0.2, 0.25) is 0 Å². The van der Waals surface area contributed by atoms with Crippen molar-refractivity contribution < 1.29 is 0 Å². The van der Waals surface area contributed by atoms with Gasteiger partial charge in [-0.15, -0.1) is 0 Å². The van der Waals surface area contributed by atoms with Gasteiger partial charge >= 0.3 is 0 Å². The van der Waals surface area contributed by atoms with Crippen molar-refractivity contribution in [1.82, 2.24) is 25.3 Å². The van der Waals surface area contributed by atoms with Gasteiger partial charge in [-0.2, -0.15) is 10.2 Å². The molecule has 1 aromatic carbocycles. The Balaban J connectivity index is 1.69. The van der Waals surface area contributed by atoms with Crippen molar-refractivity contribution in [2.45, 2.75) is 20.0 Å². The first kappa shape index (κ1) is 11.9. The predicted molar refractivity (Wildman–Crippen MR) is 74.6 cm³/mol. The topological polar surface area (TPSA) is 58.5 Å². The Bertz CT molecular complexity index is 695. The van der Waals surface area contributed by atoms with Crippen LogP contribution in [0.4, 0.5) is 0 Å². The molecule has 98 valence electrons. The van der Waals surface area contributed by atoms with Gasteiger partial charge in [0.05, 0.1) is 23.1 Å². The highest BCUT2D eigenvalue weighted by Crippen LogP contribution is 2.15. The maximum atomic E-state index is 4.34. The number of aromatic amines is 1. The number of aryl methyl sites for hydroxylation is 2. The van der Waals surface area contributed by atoms with Gasteiger partial charge < -0.3 is 5.32 Å². The van der Waals surface area contributed by atoms with Crippen molar-refractivity contribution in [3.05, 3.63) is 47.4 Å². The van der Waals surface area contributed by atoms with Crippen molar-refractivity contribution in [3.63, 3.8) is 0 Å². The summed E-state index contributed by atoms with van der Waals surface area (Å²) in [6.07, 6.45) is 1.88. The normalized spacial score (nSPS) is 11.3. The largest absolute Gasteiger partial charge is 0.307 e. The first-order valence-corrected chi connectivity index (χ1v) is 6.35. The number of benzene rings is 1. The lowest BCUT2D eigenvalue weighted by Gasteiger charge is -2.06. The quantitative estimate of drug-likeness (QED) is 0.748. The standard InChI is InChI=1S/C14H17N5/c1-10-6-12(19(2)18-10)8-15-7-11-4-3-5-14-13(11)9-16-17-14/h3-6,9,15H,7-8H2,1-2H3,(H,16,17). The number of nitrogens with zero attached hydrogens (tertiary/aromatic N) is 3. The molecule has 0 aliphatic rings. The van der Waals surface area contributed by atoms with Crippen molar-refractivity contribution in [2.24, 2.45) is 7.05 Å². The molecular formula is C14H17N5. The molecule has 5 heteroatoms. The summed E-state index contributed by atoms with van der Waals surface area (Å²) in [5.74, 6) is 0. The second-order valence-electron chi connectivity index (χ2n) is 4.75. The van der Waals surface area contributed by atoms with Crippen LogP contribution in [-0.4, -0.2) is 20.0 Å². The molecule has 5 nitrogen and oxygen atoms in total. The molecule has 2 N–H and O–H groups in total. The van der Waals surface area contributed by atoms with Gasteiger partial charge in [-0.3, -0.25) is 9.78 Å². The summed E-state index contributed by atoms with van der Waals surface area (Å²) >= 11 is 0. The number of hydrogen-bond acceptors (Lipinski definition) is 3. The van der Waals surface area contributed by atoms with Crippen LogP contribution < -0.4 is 5.32 Å². The molecule has 0 fully saturated rings. The minimum absolute atomic E-state index is 0.811. The number of H-pyrrole nitrogens is 1. The van der Waals surface area contributed by atoms with Crippen LogP contribution in [0.5, 0.6) is 0 Å². The molecule has 0 amide bonds. The third-order valence-corrected chi connectivity index (χ3v) is 3.30. The second kappa shape index (κ2) is 4.85. The van der Waals surface area contributed by atoms with Crippen LogP contribution in [0.25, 0.3) is 10.9 Å². The van der Waals surface area contributed by atoms with Gasteiger partial charge in [-0.1, -0.05) is 12.1 Å². The third-order valence-electron chi connectivity index (χ3n) is 3.30. The Labute approximate surface area is 111 Å². The fourth-order valence-corrected chi connectivity index (χ4v) is 2.34. The van der Waals surface area contributed by atoms with Gasteiger partial charge in [0.2, 0.25) is 0 Å². The fraction of sp³-hybridized carbons (Fsp3) is 0.286. The summed E-state index contributed by atoms with van der Waals surface area (Å²) in [4.78, 5) is 0. The van der Waals surface area contributed by atoms with Crippen LogP contribution in [-0.2, 0) is 20.1 Å². The maximum Gasteiger partial charge on any atom is 0.0653 e. The van der Waals surface area contributed by atoms with Crippen molar-refractivity contribution in [1.29, 1.82) is 0 Å². The van der Waals surface area contributed by atoms with Crippen LogP contribution in [0.1, 0.15) is 17.0 Å². The number of aromatic nitrogens is 4. The van der Waals surface area contributed by atoms with Gasteiger partial charge in [-0.05, 0) is 24.6 Å². The zero-order valence-corrected chi connectivity index (χ0v) is 11.1. The van der Waals surface area contributed by atoms with Gasteiger partial charge in [-0.25, -0.2) is 0 Å². The van der Waals surface area contributed by atoms with E-state index >= 15 is 0 Å². The Kier molecular flexibility index (Phi) is 3.05. The SMILES string of the molecule is Cc1cc(CNCc2cccc3[nH]ncc23)n(C)n1. The van der Waals surface area contributed by atoms with E-state index in [-0.39, 0.29) is 0 Å². The Morgan fingerprint density at radius 1 is 1.32 bits per heavy atom. The van der Waals surface area contributed by atoms with E-state index in [0.29, 0.717) is 0 Å². The Hall–Kier alpha value is -2.14. The summed E-state index contributed by atoms with van der Waals surface area (Å²) in [6.45, 7) is 3.64. The van der Waals surface area contributed by atoms with Gasteiger partial charge in [0, 0.05) is 25.5 Å². The summed E-state index contributed by atoms with van der Waals surface area (Å²) < 4.78 is 1.92. The average Bonchev–Trinajstić information content (AvgIpc) is 2.97. The molecule has 0 unspecified atom stereocenters. The van der Waals surface area contributed by atoms with Gasteiger partial charge in [0.25, 0.3) is 0 Å². The fourth-order valence-electron chi connectivity index (χ4n) is 2.34. The van der Waals surface area contributed by atoms with E-state index in [1.165, 1.54) is 16.6 Å². The monoisotopic (exact) mass is 255 g/mol. The number of fused-ring (bicyclic) bond motifs is 1. The molecule has 2 heterocycles. The Morgan fingerprint density at radius 3 is 3.00 bits per heavy atom. The summed E-state index contributed by atoms with van der Waals surface area (Å²) in [5, 5.41) is 16.0. The summed E-state index contributed by atoms with van der Waals surface area (Å²) in [5.41, 5.74) is 4.58. The van der Waals surface area contributed by atoms with E-state index in [0.717, 1.165) is 24.3 Å². The van der Waals surface area contributed by atoms with E-state index in [1.807, 2.05) is 37.0 Å². The lowest BCUT2D eigenvalue weighted by Crippen LogP contribution is -2.15. The van der Waals surface area contributed by atoms with Crippen LogP contribution in [0, 0.1) is 6.92 Å². The first-order valence-electron chi connectivity index (χ1n) is 6.35. The van der Waals surface area contributed by atoms with E-state index in [1.54, 1.807) is 0 Å². The minimum Gasteiger partial charge on any atom is -0.307 e. The zero-order valence-electron chi connectivity index (χ0n) is 11.1. The molecule has 0 radical (unpaired) electrons. The van der Waals surface area contributed by atoms with Gasteiger partial charge in [0.15, 0.2) is 0 Å². The lowest BCUT2D eigenvalue weighted by atomic mass is 10.1. The predicted octanol–water partition coefficient (Wildman–Crippen LogP) is 1.89. The number of hydrogen-bond donors (Lipinski definition) is 2. The average molecular weight is 255 g/mol. The van der Waals surface area contributed by atoms with Gasteiger partial charge in [0.1, 0.15) is 0 Å². The van der Waals surface area contributed by atoms with E-state index in [9.17, 15) is 0 Å². The second-order valence-corrected chi connectivity index (χ2v) is 4.75. The lowest BCUT2D eigenvalue weighted by molar-refractivity contribution is 0.626. The molecule has 0 atom stereocenters. The summed E-state index contributed by atoms with van der Waals surface area (Å²) in [7, 11) is 1.97. The molecule has 0 bridgehead atoms. The highest BCUT2D eigenvalue weighted by Gasteiger charge is 2.04. The molecule has 0 aliphatic carbocycles. The van der Waals surface area contributed by atoms with Crippen LogP contribution in [0.3, 0.4) is 0 Å². The zero-order chi connectivity index (χ0) is 13.2. The highest BCUT2D eigenvalue weighted by molar-refractivity contribution is 5.81. The molecule has 0 saturated heterocycles. The van der Waals surface area contributed by atoms with E-state index < -0.39 is 0 Å². The molecule has 3 rings (SSSR count). The Morgan fingerprint density at radius 2 is 2.21 bits per heavy atom. The number of nitrogens with one attached hydrogen (secondary N) is 2. The maximum absolute atomic E-state index is 4.34. The highest BCUT2D eigenvalue weighted by atomic mass is 15.3.